The molecule has 2 heterocycles. The summed E-state index contributed by atoms with van der Waals surface area (Å²) in [5, 5.41) is 3.42. The van der Waals surface area contributed by atoms with E-state index in [1.165, 1.54) is 5.56 Å². The number of aromatic nitrogens is 1. The fraction of sp³-hybridized carbons (Fsp3) is 0.706. The van der Waals surface area contributed by atoms with Gasteiger partial charge in [0.2, 0.25) is 0 Å². The third kappa shape index (κ3) is 6.16. The Labute approximate surface area is 139 Å². The standard InChI is InChI=1S/C17H30N4O2/c1-22-13-11-21(12-14-23-2)17(16-3-5-18-6-4-16)15-20-9-7-19-8-10-20/h3-6,17,19H,7-15H2,1-2H3. The third-order valence-electron chi connectivity index (χ3n) is 4.34. The molecule has 1 aromatic heterocycles. The third-order valence-corrected chi connectivity index (χ3v) is 4.34. The first-order chi connectivity index (χ1) is 11.3. The molecule has 2 rings (SSSR count). The molecule has 0 aliphatic carbocycles. The Morgan fingerprint density at radius 3 is 2.30 bits per heavy atom. The van der Waals surface area contributed by atoms with Crippen molar-refractivity contribution in [1.82, 2.24) is 20.1 Å². The SMILES string of the molecule is COCCN(CCOC)C(CN1CCNCC1)c1ccncc1. The summed E-state index contributed by atoms with van der Waals surface area (Å²) in [5.41, 5.74) is 1.31. The molecule has 1 aromatic rings. The summed E-state index contributed by atoms with van der Waals surface area (Å²) in [6.45, 7) is 8.63. The number of ether oxygens (including phenoxy) is 2. The van der Waals surface area contributed by atoms with Crippen LogP contribution in [0.15, 0.2) is 24.5 Å². The van der Waals surface area contributed by atoms with E-state index in [0.717, 1.165) is 59.0 Å². The Balaban J connectivity index is 2.11. The summed E-state index contributed by atoms with van der Waals surface area (Å²) < 4.78 is 10.6. The van der Waals surface area contributed by atoms with Gasteiger partial charge in [0.1, 0.15) is 0 Å². The van der Waals surface area contributed by atoms with E-state index in [2.05, 4.69) is 32.2 Å². The predicted molar refractivity (Wildman–Crippen MR) is 91.6 cm³/mol. The molecule has 23 heavy (non-hydrogen) atoms. The molecular weight excluding hydrogens is 292 g/mol. The Kier molecular flexibility index (Phi) is 8.49. The van der Waals surface area contributed by atoms with Gasteiger partial charge < -0.3 is 14.8 Å². The first kappa shape index (κ1) is 18.3. The Bertz CT molecular complexity index is 404. The average molecular weight is 322 g/mol. The highest BCUT2D eigenvalue weighted by Crippen LogP contribution is 2.21. The minimum Gasteiger partial charge on any atom is -0.383 e. The molecule has 6 nitrogen and oxygen atoms in total. The highest BCUT2D eigenvalue weighted by molar-refractivity contribution is 5.16. The van der Waals surface area contributed by atoms with Crippen LogP contribution in [0.4, 0.5) is 0 Å². The summed E-state index contributed by atoms with van der Waals surface area (Å²) in [6, 6.07) is 4.58. The van der Waals surface area contributed by atoms with Crippen LogP contribution in [-0.4, -0.2) is 88.0 Å². The van der Waals surface area contributed by atoms with Gasteiger partial charge in [-0.15, -0.1) is 0 Å². The zero-order chi connectivity index (χ0) is 16.3. The lowest BCUT2D eigenvalue weighted by atomic mass is 10.1. The molecule has 0 saturated carbocycles. The summed E-state index contributed by atoms with van der Waals surface area (Å²) in [7, 11) is 3.51. The van der Waals surface area contributed by atoms with Crippen molar-refractivity contribution in [2.45, 2.75) is 6.04 Å². The molecule has 1 aliphatic rings. The number of nitrogens with zero attached hydrogens (tertiary/aromatic N) is 3. The molecule has 1 saturated heterocycles. The van der Waals surface area contributed by atoms with Gasteiger partial charge in [0.05, 0.1) is 13.2 Å². The van der Waals surface area contributed by atoms with E-state index in [9.17, 15) is 0 Å². The van der Waals surface area contributed by atoms with E-state index >= 15 is 0 Å². The molecule has 6 heteroatoms. The number of hydrogen-bond donors (Lipinski definition) is 1. The van der Waals surface area contributed by atoms with E-state index in [0.29, 0.717) is 6.04 Å². The number of rotatable bonds is 10. The molecule has 1 aliphatic heterocycles. The van der Waals surface area contributed by atoms with Gasteiger partial charge in [-0.1, -0.05) is 0 Å². The summed E-state index contributed by atoms with van der Waals surface area (Å²) in [6.07, 6.45) is 3.76. The lowest BCUT2D eigenvalue weighted by Gasteiger charge is -2.37. The minimum atomic E-state index is 0.335. The highest BCUT2D eigenvalue weighted by Gasteiger charge is 2.23. The molecule has 1 N–H and O–H groups in total. The monoisotopic (exact) mass is 322 g/mol. The number of pyridine rings is 1. The van der Waals surface area contributed by atoms with Gasteiger partial charge in [-0.3, -0.25) is 14.8 Å². The van der Waals surface area contributed by atoms with Crippen molar-refractivity contribution >= 4 is 0 Å². The maximum absolute atomic E-state index is 5.31. The predicted octanol–water partition coefficient (Wildman–Crippen LogP) is 0.623. The normalized spacial score (nSPS) is 17.5. The lowest BCUT2D eigenvalue weighted by Crippen LogP contribution is -2.48. The van der Waals surface area contributed by atoms with E-state index in [1.807, 2.05) is 12.4 Å². The van der Waals surface area contributed by atoms with Crippen molar-refractivity contribution < 1.29 is 9.47 Å². The fourth-order valence-electron chi connectivity index (χ4n) is 3.00. The first-order valence-corrected chi connectivity index (χ1v) is 8.40. The molecule has 1 atom stereocenters. The van der Waals surface area contributed by atoms with Gasteiger partial charge in [0.15, 0.2) is 0 Å². The van der Waals surface area contributed by atoms with E-state index in [-0.39, 0.29) is 0 Å². The molecular formula is C17H30N4O2. The average Bonchev–Trinajstić information content (AvgIpc) is 2.62. The van der Waals surface area contributed by atoms with Crippen LogP contribution in [0.3, 0.4) is 0 Å². The highest BCUT2D eigenvalue weighted by atomic mass is 16.5. The summed E-state index contributed by atoms with van der Waals surface area (Å²) in [4.78, 5) is 9.17. The second-order valence-electron chi connectivity index (χ2n) is 5.87. The number of piperazine rings is 1. The van der Waals surface area contributed by atoms with Gasteiger partial charge in [0.25, 0.3) is 0 Å². The topological polar surface area (TPSA) is 49.9 Å². The molecule has 1 unspecified atom stereocenters. The minimum absolute atomic E-state index is 0.335. The number of nitrogens with one attached hydrogen (secondary N) is 1. The fourth-order valence-corrected chi connectivity index (χ4v) is 3.00. The van der Waals surface area contributed by atoms with Crippen LogP contribution < -0.4 is 5.32 Å². The zero-order valence-corrected chi connectivity index (χ0v) is 14.4. The quantitative estimate of drug-likeness (QED) is 0.682. The van der Waals surface area contributed by atoms with Crippen molar-refractivity contribution in [2.75, 3.05) is 73.2 Å². The number of hydrogen-bond acceptors (Lipinski definition) is 6. The smallest absolute Gasteiger partial charge is 0.0589 e. The zero-order valence-electron chi connectivity index (χ0n) is 14.4. The molecule has 0 spiro atoms. The molecule has 0 radical (unpaired) electrons. The maximum Gasteiger partial charge on any atom is 0.0589 e. The van der Waals surface area contributed by atoms with E-state index in [4.69, 9.17) is 9.47 Å². The lowest BCUT2D eigenvalue weighted by molar-refractivity contribution is 0.0680. The summed E-state index contributed by atoms with van der Waals surface area (Å²) in [5.74, 6) is 0. The Morgan fingerprint density at radius 2 is 1.74 bits per heavy atom. The van der Waals surface area contributed by atoms with Gasteiger partial charge in [-0.05, 0) is 17.7 Å². The molecule has 0 bridgehead atoms. The Morgan fingerprint density at radius 1 is 1.13 bits per heavy atom. The second-order valence-corrected chi connectivity index (χ2v) is 5.87. The van der Waals surface area contributed by atoms with Crippen molar-refractivity contribution in [2.24, 2.45) is 0 Å². The molecule has 0 aromatic carbocycles. The first-order valence-electron chi connectivity index (χ1n) is 8.40. The molecule has 130 valence electrons. The van der Waals surface area contributed by atoms with Gasteiger partial charge in [-0.2, -0.15) is 0 Å². The maximum atomic E-state index is 5.31. The van der Waals surface area contributed by atoms with E-state index < -0.39 is 0 Å². The molecule has 0 amide bonds. The van der Waals surface area contributed by atoms with Crippen LogP contribution in [-0.2, 0) is 9.47 Å². The van der Waals surface area contributed by atoms with Crippen molar-refractivity contribution in [3.8, 4) is 0 Å². The summed E-state index contributed by atoms with van der Waals surface area (Å²) >= 11 is 0. The van der Waals surface area contributed by atoms with Gasteiger partial charge >= 0.3 is 0 Å². The van der Waals surface area contributed by atoms with Crippen LogP contribution in [0.25, 0.3) is 0 Å². The second kappa shape index (κ2) is 10.7. The van der Waals surface area contributed by atoms with Crippen LogP contribution in [0, 0.1) is 0 Å². The van der Waals surface area contributed by atoms with Crippen molar-refractivity contribution in [3.05, 3.63) is 30.1 Å². The Hall–Kier alpha value is -1.05. The van der Waals surface area contributed by atoms with Crippen LogP contribution in [0.5, 0.6) is 0 Å². The largest absolute Gasteiger partial charge is 0.383 e. The number of methoxy groups -OCH3 is 2. The van der Waals surface area contributed by atoms with Crippen molar-refractivity contribution in [3.63, 3.8) is 0 Å². The van der Waals surface area contributed by atoms with Crippen LogP contribution in [0.1, 0.15) is 11.6 Å². The van der Waals surface area contributed by atoms with Gasteiger partial charge in [-0.25, -0.2) is 0 Å². The van der Waals surface area contributed by atoms with E-state index in [1.54, 1.807) is 14.2 Å². The van der Waals surface area contributed by atoms with Crippen LogP contribution >= 0.6 is 0 Å². The van der Waals surface area contributed by atoms with Crippen molar-refractivity contribution in [1.29, 1.82) is 0 Å². The van der Waals surface area contributed by atoms with Gasteiger partial charge in [0, 0.05) is 78.5 Å². The van der Waals surface area contributed by atoms with Crippen LogP contribution in [0.2, 0.25) is 0 Å². The molecule has 1 fully saturated rings.